The van der Waals surface area contributed by atoms with E-state index in [0.717, 1.165) is 5.56 Å². The van der Waals surface area contributed by atoms with Crippen LogP contribution in [0.2, 0.25) is 0 Å². The van der Waals surface area contributed by atoms with Gasteiger partial charge in [0.05, 0.1) is 0 Å². The SMILES string of the molecule is Cc1cnccc1NC(=O)O. The summed E-state index contributed by atoms with van der Waals surface area (Å²) >= 11 is 0. The van der Waals surface area contributed by atoms with E-state index < -0.39 is 6.09 Å². The average molecular weight is 152 g/mol. The lowest BCUT2D eigenvalue weighted by Crippen LogP contribution is -2.08. The van der Waals surface area contributed by atoms with Crippen molar-refractivity contribution in [3.05, 3.63) is 24.0 Å². The summed E-state index contributed by atoms with van der Waals surface area (Å²) in [5.74, 6) is 0. The molecule has 4 heteroatoms. The molecule has 0 spiro atoms. The number of hydrogen-bond donors (Lipinski definition) is 2. The maximum Gasteiger partial charge on any atom is 0.409 e. The smallest absolute Gasteiger partial charge is 0.409 e. The van der Waals surface area contributed by atoms with Crippen LogP contribution in [0.3, 0.4) is 0 Å². The highest BCUT2D eigenvalue weighted by Gasteiger charge is 1.99. The summed E-state index contributed by atoms with van der Waals surface area (Å²) in [5.41, 5.74) is 1.39. The molecule has 0 aliphatic rings. The van der Waals surface area contributed by atoms with Gasteiger partial charge in [0.15, 0.2) is 0 Å². The van der Waals surface area contributed by atoms with Gasteiger partial charge in [0.25, 0.3) is 0 Å². The van der Waals surface area contributed by atoms with E-state index in [4.69, 9.17) is 5.11 Å². The highest BCUT2D eigenvalue weighted by Crippen LogP contribution is 2.10. The Hall–Kier alpha value is -1.58. The summed E-state index contributed by atoms with van der Waals surface area (Å²) in [6, 6.07) is 1.61. The molecule has 0 radical (unpaired) electrons. The molecule has 0 saturated heterocycles. The Morgan fingerprint density at radius 3 is 3.00 bits per heavy atom. The zero-order chi connectivity index (χ0) is 8.27. The first-order chi connectivity index (χ1) is 5.20. The third-order valence-electron chi connectivity index (χ3n) is 1.26. The molecule has 0 saturated carbocycles. The van der Waals surface area contributed by atoms with Crippen molar-refractivity contribution in [2.45, 2.75) is 6.92 Å². The van der Waals surface area contributed by atoms with Crippen LogP contribution in [0.5, 0.6) is 0 Å². The van der Waals surface area contributed by atoms with Gasteiger partial charge in [0.1, 0.15) is 0 Å². The molecule has 0 atom stereocenters. The van der Waals surface area contributed by atoms with Crippen molar-refractivity contribution in [2.24, 2.45) is 0 Å². The van der Waals surface area contributed by atoms with Gasteiger partial charge >= 0.3 is 6.09 Å². The fourth-order valence-corrected chi connectivity index (χ4v) is 0.729. The topological polar surface area (TPSA) is 62.2 Å². The summed E-state index contributed by atoms with van der Waals surface area (Å²) in [6.45, 7) is 1.79. The highest BCUT2D eigenvalue weighted by molar-refractivity contribution is 5.83. The van der Waals surface area contributed by atoms with Gasteiger partial charge in [-0.25, -0.2) is 4.79 Å². The number of nitrogens with one attached hydrogen (secondary N) is 1. The van der Waals surface area contributed by atoms with Crippen molar-refractivity contribution in [1.82, 2.24) is 4.98 Å². The highest BCUT2D eigenvalue weighted by atomic mass is 16.4. The van der Waals surface area contributed by atoms with E-state index in [9.17, 15) is 4.79 Å². The van der Waals surface area contributed by atoms with Gasteiger partial charge < -0.3 is 5.11 Å². The summed E-state index contributed by atoms with van der Waals surface area (Å²) in [5, 5.41) is 10.6. The molecule has 0 fully saturated rings. The standard InChI is InChI=1S/C7H8N2O2/c1-5-4-8-3-2-6(5)9-7(10)11/h2-4H,1H3,(H,8,9)(H,10,11). The molecule has 0 unspecified atom stereocenters. The van der Waals surface area contributed by atoms with Gasteiger partial charge in [-0.15, -0.1) is 0 Å². The third kappa shape index (κ3) is 1.93. The minimum atomic E-state index is -1.06. The lowest BCUT2D eigenvalue weighted by molar-refractivity contribution is 0.209. The van der Waals surface area contributed by atoms with Crippen LogP contribution in [0.25, 0.3) is 0 Å². The van der Waals surface area contributed by atoms with Crippen molar-refractivity contribution < 1.29 is 9.90 Å². The van der Waals surface area contributed by atoms with Gasteiger partial charge in [0, 0.05) is 18.1 Å². The number of amides is 1. The van der Waals surface area contributed by atoms with Crippen LogP contribution in [0, 0.1) is 6.92 Å². The molecule has 2 N–H and O–H groups in total. The number of aryl methyl sites for hydroxylation is 1. The Labute approximate surface area is 63.9 Å². The fraction of sp³-hybridized carbons (Fsp3) is 0.143. The lowest BCUT2D eigenvalue weighted by atomic mass is 10.3. The molecule has 1 aromatic heterocycles. The van der Waals surface area contributed by atoms with Crippen molar-refractivity contribution in [2.75, 3.05) is 5.32 Å². The van der Waals surface area contributed by atoms with Crippen molar-refractivity contribution in [3.8, 4) is 0 Å². The molecule has 1 aromatic rings. The largest absolute Gasteiger partial charge is 0.465 e. The van der Waals surface area contributed by atoms with E-state index in [-0.39, 0.29) is 0 Å². The van der Waals surface area contributed by atoms with Crippen molar-refractivity contribution >= 4 is 11.8 Å². The second-order valence-corrected chi connectivity index (χ2v) is 2.12. The monoisotopic (exact) mass is 152 g/mol. The zero-order valence-corrected chi connectivity index (χ0v) is 6.03. The Morgan fingerprint density at radius 2 is 2.45 bits per heavy atom. The van der Waals surface area contributed by atoms with Crippen molar-refractivity contribution in [1.29, 1.82) is 0 Å². The quantitative estimate of drug-likeness (QED) is 0.640. The van der Waals surface area contributed by atoms with Gasteiger partial charge in [-0.1, -0.05) is 0 Å². The summed E-state index contributed by atoms with van der Waals surface area (Å²) in [7, 11) is 0. The second-order valence-electron chi connectivity index (χ2n) is 2.12. The molecule has 58 valence electrons. The molecule has 1 amide bonds. The molecule has 1 heterocycles. The van der Waals surface area contributed by atoms with Gasteiger partial charge in [-0.2, -0.15) is 0 Å². The summed E-state index contributed by atoms with van der Waals surface area (Å²) in [6.07, 6.45) is 2.09. The first-order valence-electron chi connectivity index (χ1n) is 3.10. The normalized spacial score (nSPS) is 9.18. The molecule has 0 bridgehead atoms. The maximum atomic E-state index is 10.2. The molecule has 0 aromatic carbocycles. The molecule has 0 aliphatic heterocycles. The Kier molecular flexibility index (Phi) is 2.06. The number of hydrogen-bond acceptors (Lipinski definition) is 2. The molecule has 1 rings (SSSR count). The van der Waals surface area contributed by atoms with Crippen LogP contribution < -0.4 is 5.32 Å². The number of aromatic nitrogens is 1. The Morgan fingerprint density at radius 1 is 1.73 bits per heavy atom. The number of carboxylic acid groups (broad SMARTS) is 1. The van der Waals surface area contributed by atoms with Crippen LogP contribution in [0.4, 0.5) is 10.5 Å². The predicted molar refractivity (Wildman–Crippen MR) is 40.6 cm³/mol. The van der Waals surface area contributed by atoms with E-state index in [1.165, 1.54) is 6.20 Å². The van der Waals surface area contributed by atoms with Gasteiger partial charge in [-0.05, 0) is 18.6 Å². The van der Waals surface area contributed by atoms with Crippen LogP contribution in [-0.4, -0.2) is 16.2 Å². The first kappa shape index (κ1) is 7.53. The predicted octanol–water partition coefficient (Wildman–Crippen LogP) is 1.48. The number of carbonyl (C=O) groups is 1. The van der Waals surface area contributed by atoms with E-state index in [0.29, 0.717) is 5.69 Å². The zero-order valence-electron chi connectivity index (χ0n) is 6.03. The van der Waals surface area contributed by atoms with Crippen LogP contribution in [0.1, 0.15) is 5.56 Å². The van der Waals surface area contributed by atoms with Crippen LogP contribution in [0.15, 0.2) is 18.5 Å². The Balaban J connectivity index is 2.86. The van der Waals surface area contributed by atoms with E-state index in [1.807, 2.05) is 0 Å². The summed E-state index contributed by atoms with van der Waals surface area (Å²) < 4.78 is 0. The number of pyridine rings is 1. The van der Waals surface area contributed by atoms with Crippen molar-refractivity contribution in [3.63, 3.8) is 0 Å². The van der Waals surface area contributed by atoms with Gasteiger partial charge in [-0.3, -0.25) is 10.3 Å². The maximum absolute atomic E-state index is 10.2. The second kappa shape index (κ2) is 3.01. The first-order valence-corrected chi connectivity index (χ1v) is 3.10. The van der Waals surface area contributed by atoms with E-state index in [1.54, 1.807) is 19.2 Å². The molecule has 0 aliphatic carbocycles. The molecular weight excluding hydrogens is 144 g/mol. The minimum Gasteiger partial charge on any atom is -0.465 e. The van der Waals surface area contributed by atoms with Crippen LogP contribution >= 0.6 is 0 Å². The number of rotatable bonds is 1. The number of anilines is 1. The third-order valence-corrected chi connectivity index (χ3v) is 1.26. The summed E-state index contributed by atoms with van der Waals surface area (Å²) in [4.78, 5) is 14.0. The van der Waals surface area contributed by atoms with E-state index >= 15 is 0 Å². The van der Waals surface area contributed by atoms with E-state index in [2.05, 4.69) is 10.3 Å². The minimum absolute atomic E-state index is 0.576. The molecule has 4 nitrogen and oxygen atoms in total. The van der Waals surface area contributed by atoms with Gasteiger partial charge in [0.2, 0.25) is 0 Å². The fourth-order valence-electron chi connectivity index (χ4n) is 0.729. The molecule has 11 heavy (non-hydrogen) atoms. The Bertz CT molecular complexity index is 273. The molecular formula is C7H8N2O2. The number of nitrogens with zero attached hydrogens (tertiary/aromatic N) is 1. The average Bonchev–Trinajstić information content (AvgIpc) is 1.93. The lowest BCUT2D eigenvalue weighted by Gasteiger charge is -2.02. The van der Waals surface area contributed by atoms with Crippen LogP contribution in [-0.2, 0) is 0 Å².